The number of pyridine rings is 1. The molecule has 2 rings (SSSR count). The van der Waals surface area contributed by atoms with Crippen molar-refractivity contribution in [2.24, 2.45) is 0 Å². The lowest BCUT2D eigenvalue weighted by molar-refractivity contribution is 0.574. The molecule has 0 spiro atoms. The Morgan fingerprint density at radius 2 is 2.06 bits per heavy atom. The van der Waals surface area contributed by atoms with Gasteiger partial charge >= 0.3 is 0 Å². The molecule has 1 heterocycles. The summed E-state index contributed by atoms with van der Waals surface area (Å²) in [5, 5.41) is 2.94. The van der Waals surface area contributed by atoms with Crippen molar-refractivity contribution in [3.05, 3.63) is 52.1 Å². The van der Waals surface area contributed by atoms with E-state index in [0.717, 1.165) is 6.07 Å². The van der Waals surface area contributed by atoms with Crippen LogP contribution in [0.15, 0.2) is 34.9 Å². The van der Waals surface area contributed by atoms with Crippen LogP contribution < -0.4 is 11.1 Å². The smallest absolute Gasteiger partial charge is 0.140 e. The monoisotopic (exact) mass is 313 g/mol. The lowest BCUT2D eigenvalue weighted by atomic mass is 10.2. The second kappa shape index (κ2) is 5.30. The minimum Gasteiger partial charge on any atom is -0.397 e. The van der Waals surface area contributed by atoms with Gasteiger partial charge in [0, 0.05) is 18.2 Å². The fourth-order valence-electron chi connectivity index (χ4n) is 1.43. The van der Waals surface area contributed by atoms with Crippen molar-refractivity contribution in [3.8, 4) is 0 Å². The molecular formula is C12H10BrF2N3. The predicted molar refractivity (Wildman–Crippen MR) is 70.0 cm³/mol. The number of nitrogens with one attached hydrogen (secondary N) is 1. The molecule has 1 aromatic carbocycles. The summed E-state index contributed by atoms with van der Waals surface area (Å²) in [7, 11) is 0. The summed E-state index contributed by atoms with van der Waals surface area (Å²) in [6, 6.07) is 5.15. The zero-order valence-corrected chi connectivity index (χ0v) is 10.8. The quantitative estimate of drug-likeness (QED) is 0.914. The summed E-state index contributed by atoms with van der Waals surface area (Å²) >= 11 is 3.29. The maximum atomic E-state index is 13.4. The van der Waals surface area contributed by atoms with Crippen LogP contribution in [0, 0.1) is 11.6 Å². The van der Waals surface area contributed by atoms with Crippen LogP contribution in [0.3, 0.4) is 0 Å². The number of hydrogen-bond donors (Lipinski definition) is 2. The van der Waals surface area contributed by atoms with Gasteiger partial charge in [0.15, 0.2) is 0 Å². The zero-order chi connectivity index (χ0) is 13.1. The van der Waals surface area contributed by atoms with Gasteiger partial charge in [0.1, 0.15) is 17.5 Å². The van der Waals surface area contributed by atoms with Gasteiger partial charge in [-0.1, -0.05) is 6.07 Å². The van der Waals surface area contributed by atoms with Gasteiger partial charge in [0.05, 0.1) is 16.4 Å². The average molecular weight is 314 g/mol. The van der Waals surface area contributed by atoms with E-state index in [1.807, 2.05) is 0 Å². The first-order valence-corrected chi connectivity index (χ1v) is 5.94. The van der Waals surface area contributed by atoms with Crippen molar-refractivity contribution >= 4 is 27.4 Å². The highest BCUT2D eigenvalue weighted by Gasteiger charge is 2.06. The van der Waals surface area contributed by atoms with Crippen LogP contribution in [0.4, 0.5) is 20.3 Å². The normalized spacial score (nSPS) is 10.4. The second-order valence-corrected chi connectivity index (χ2v) is 4.54. The van der Waals surface area contributed by atoms with E-state index in [0.29, 0.717) is 21.5 Å². The molecule has 0 amide bonds. The molecule has 2 aromatic rings. The Kier molecular flexibility index (Phi) is 3.76. The van der Waals surface area contributed by atoms with Crippen LogP contribution in [-0.2, 0) is 6.54 Å². The number of nitrogens with two attached hydrogens (primary N) is 1. The largest absolute Gasteiger partial charge is 0.397 e. The Balaban J connectivity index is 2.11. The molecule has 0 atom stereocenters. The topological polar surface area (TPSA) is 50.9 Å². The SMILES string of the molecule is Nc1cnc(NCc2ccc(F)cc2F)c(Br)c1. The first-order valence-electron chi connectivity index (χ1n) is 5.15. The number of hydrogen-bond acceptors (Lipinski definition) is 3. The summed E-state index contributed by atoms with van der Waals surface area (Å²) in [5.74, 6) is -0.634. The Morgan fingerprint density at radius 1 is 1.28 bits per heavy atom. The molecule has 3 nitrogen and oxygen atoms in total. The third kappa shape index (κ3) is 2.95. The van der Waals surface area contributed by atoms with E-state index in [4.69, 9.17) is 5.73 Å². The van der Waals surface area contributed by atoms with Crippen LogP contribution in [0.1, 0.15) is 5.56 Å². The van der Waals surface area contributed by atoms with Gasteiger partial charge in [0.25, 0.3) is 0 Å². The standard InChI is InChI=1S/C12H10BrF2N3/c13-10-4-9(16)6-18-12(10)17-5-7-1-2-8(14)3-11(7)15/h1-4,6H,5,16H2,(H,17,18). The van der Waals surface area contributed by atoms with Gasteiger partial charge in [-0.3, -0.25) is 0 Å². The molecule has 0 fully saturated rings. The second-order valence-electron chi connectivity index (χ2n) is 3.69. The lowest BCUT2D eigenvalue weighted by Gasteiger charge is -2.08. The van der Waals surface area contributed by atoms with Gasteiger partial charge in [-0.15, -0.1) is 0 Å². The van der Waals surface area contributed by atoms with Gasteiger partial charge in [-0.2, -0.15) is 0 Å². The minimum absolute atomic E-state index is 0.210. The predicted octanol–water partition coefficient (Wildman–Crippen LogP) is 3.32. The van der Waals surface area contributed by atoms with Crippen LogP contribution in [0.2, 0.25) is 0 Å². The molecule has 0 saturated heterocycles. The van der Waals surface area contributed by atoms with Crippen molar-refractivity contribution in [1.29, 1.82) is 0 Å². The highest BCUT2D eigenvalue weighted by atomic mass is 79.9. The molecule has 94 valence electrons. The molecule has 6 heteroatoms. The van der Waals surface area contributed by atoms with Crippen LogP contribution in [0.25, 0.3) is 0 Å². The summed E-state index contributed by atoms with van der Waals surface area (Å²) < 4.78 is 26.8. The molecule has 0 aliphatic carbocycles. The van der Waals surface area contributed by atoms with Crippen LogP contribution in [-0.4, -0.2) is 4.98 Å². The fourth-order valence-corrected chi connectivity index (χ4v) is 1.93. The number of aromatic nitrogens is 1. The molecule has 0 unspecified atom stereocenters. The van der Waals surface area contributed by atoms with Crippen LogP contribution in [0.5, 0.6) is 0 Å². The van der Waals surface area contributed by atoms with E-state index in [1.165, 1.54) is 18.3 Å². The lowest BCUT2D eigenvalue weighted by Crippen LogP contribution is -2.04. The maximum absolute atomic E-state index is 13.4. The van der Waals surface area contributed by atoms with Crippen molar-refractivity contribution in [2.45, 2.75) is 6.54 Å². The molecule has 1 aromatic heterocycles. The van der Waals surface area contributed by atoms with E-state index in [9.17, 15) is 8.78 Å². The molecular weight excluding hydrogens is 304 g/mol. The third-order valence-electron chi connectivity index (χ3n) is 2.32. The summed E-state index contributed by atoms with van der Waals surface area (Å²) in [4.78, 5) is 4.06. The van der Waals surface area contributed by atoms with E-state index >= 15 is 0 Å². The Hall–Kier alpha value is -1.69. The van der Waals surface area contributed by atoms with Gasteiger partial charge in [0.2, 0.25) is 0 Å². The molecule has 0 bridgehead atoms. The van der Waals surface area contributed by atoms with Gasteiger partial charge < -0.3 is 11.1 Å². The van der Waals surface area contributed by atoms with Crippen molar-refractivity contribution < 1.29 is 8.78 Å². The molecule has 18 heavy (non-hydrogen) atoms. The van der Waals surface area contributed by atoms with E-state index in [1.54, 1.807) is 6.07 Å². The number of anilines is 2. The Labute approximate surface area is 111 Å². The molecule has 0 aliphatic rings. The van der Waals surface area contributed by atoms with Gasteiger partial charge in [-0.05, 0) is 28.1 Å². The number of halogens is 3. The Morgan fingerprint density at radius 3 is 2.72 bits per heavy atom. The summed E-state index contributed by atoms with van der Waals surface area (Å²) in [6.45, 7) is 0.210. The van der Waals surface area contributed by atoms with E-state index < -0.39 is 11.6 Å². The van der Waals surface area contributed by atoms with Crippen LogP contribution >= 0.6 is 15.9 Å². The highest BCUT2D eigenvalue weighted by Crippen LogP contribution is 2.22. The average Bonchev–Trinajstić information content (AvgIpc) is 2.30. The summed E-state index contributed by atoms with van der Waals surface area (Å²) in [6.07, 6.45) is 1.49. The van der Waals surface area contributed by atoms with Crippen molar-refractivity contribution in [1.82, 2.24) is 4.98 Å². The number of benzene rings is 1. The summed E-state index contributed by atoms with van der Waals surface area (Å²) in [5.41, 5.74) is 6.44. The number of rotatable bonds is 3. The molecule has 0 radical (unpaired) electrons. The number of nitrogens with zero attached hydrogens (tertiary/aromatic N) is 1. The maximum Gasteiger partial charge on any atom is 0.140 e. The van der Waals surface area contributed by atoms with Crippen molar-refractivity contribution in [3.63, 3.8) is 0 Å². The van der Waals surface area contributed by atoms with E-state index in [2.05, 4.69) is 26.2 Å². The first kappa shape index (κ1) is 12.8. The minimum atomic E-state index is -0.594. The zero-order valence-electron chi connectivity index (χ0n) is 9.25. The number of nitrogen functional groups attached to an aromatic ring is 1. The Bertz CT molecular complexity index is 524. The molecule has 3 N–H and O–H groups in total. The van der Waals surface area contributed by atoms with Crippen molar-refractivity contribution in [2.75, 3.05) is 11.1 Å². The highest BCUT2D eigenvalue weighted by molar-refractivity contribution is 9.10. The first-order chi connectivity index (χ1) is 8.56. The van der Waals surface area contributed by atoms with E-state index in [-0.39, 0.29) is 6.54 Å². The van der Waals surface area contributed by atoms with Gasteiger partial charge in [-0.25, -0.2) is 13.8 Å². The molecule has 0 saturated carbocycles. The third-order valence-corrected chi connectivity index (χ3v) is 2.93. The fraction of sp³-hybridized carbons (Fsp3) is 0.0833. The molecule has 0 aliphatic heterocycles.